The summed E-state index contributed by atoms with van der Waals surface area (Å²) in [4.78, 5) is 14.0. The van der Waals surface area contributed by atoms with E-state index in [4.69, 9.17) is 15.6 Å². The predicted octanol–water partition coefficient (Wildman–Crippen LogP) is 0.994. The van der Waals surface area contributed by atoms with Crippen LogP contribution in [-0.2, 0) is 0 Å². The number of nitrogens with two attached hydrogens (primary N) is 1. The molecular weight excluding hydrogens is 330 g/mol. The second kappa shape index (κ2) is 6.23. The fourth-order valence-corrected chi connectivity index (χ4v) is 2.02. The van der Waals surface area contributed by atoms with Gasteiger partial charge in [0.15, 0.2) is 22.8 Å². The first kappa shape index (κ1) is 15.9. The number of nitrogens with zero attached hydrogens (tertiary/aromatic N) is 5. The van der Waals surface area contributed by atoms with E-state index in [0.717, 1.165) is 6.21 Å². The minimum Gasteiger partial charge on any atom is -0.426 e. The highest BCUT2D eigenvalue weighted by molar-refractivity contribution is 5.97. The number of furan rings is 1. The fourth-order valence-electron chi connectivity index (χ4n) is 2.02. The molecule has 0 aliphatic rings. The molecule has 11 heteroatoms. The van der Waals surface area contributed by atoms with Crippen molar-refractivity contribution in [2.24, 2.45) is 15.9 Å². The van der Waals surface area contributed by atoms with Crippen molar-refractivity contribution in [2.75, 3.05) is 0 Å². The molecule has 126 valence electrons. The molecule has 0 spiro atoms. The molecule has 0 saturated carbocycles. The van der Waals surface area contributed by atoms with Gasteiger partial charge in [0.1, 0.15) is 10.4 Å². The SMILES string of the molecule is N=c1c(/C(N)=N/N=C/c2ccc([N+](=O)[O-])o2)nc2ccccc2n1O. The second-order valence-electron chi connectivity index (χ2n) is 4.77. The third kappa shape index (κ3) is 3.06. The topological polar surface area (TPSA) is 169 Å². The molecule has 0 atom stereocenters. The van der Waals surface area contributed by atoms with Gasteiger partial charge in [-0.15, -0.1) is 5.10 Å². The van der Waals surface area contributed by atoms with Crippen molar-refractivity contribution in [3.05, 3.63) is 63.5 Å². The van der Waals surface area contributed by atoms with Crippen LogP contribution in [0.5, 0.6) is 0 Å². The van der Waals surface area contributed by atoms with Crippen molar-refractivity contribution in [1.29, 1.82) is 5.41 Å². The molecule has 0 saturated heterocycles. The van der Waals surface area contributed by atoms with Gasteiger partial charge in [0.05, 0.1) is 17.8 Å². The summed E-state index contributed by atoms with van der Waals surface area (Å²) in [6.07, 6.45) is 1.12. The third-order valence-corrected chi connectivity index (χ3v) is 3.16. The first-order chi connectivity index (χ1) is 12.0. The highest BCUT2D eigenvalue weighted by Gasteiger charge is 2.12. The molecule has 0 bridgehead atoms. The summed E-state index contributed by atoms with van der Waals surface area (Å²) in [6, 6.07) is 9.18. The van der Waals surface area contributed by atoms with E-state index in [9.17, 15) is 15.3 Å². The maximum absolute atomic E-state index is 10.5. The largest absolute Gasteiger partial charge is 0.433 e. The number of aromatic nitrogens is 2. The van der Waals surface area contributed by atoms with Crippen LogP contribution in [0.4, 0.5) is 5.88 Å². The molecule has 3 rings (SSSR count). The summed E-state index contributed by atoms with van der Waals surface area (Å²) < 4.78 is 5.52. The quantitative estimate of drug-likeness (QED) is 0.210. The number of nitro groups is 1. The lowest BCUT2D eigenvalue weighted by atomic mass is 10.3. The van der Waals surface area contributed by atoms with Gasteiger partial charge in [-0.05, 0) is 18.2 Å². The van der Waals surface area contributed by atoms with Crippen LogP contribution in [0.25, 0.3) is 11.0 Å². The zero-order valence-corrected chi connectivity index (χ0v) is 12.5. The van der Waals surface area contributed by atoms with E-state index < -0.39 is 10.8 Å². The van der Waals surface area contributed by atoms with E-state index in [-0.39, 0.29) is 22.8 Å². The molecule has 0 unspecified atom stereocenters. The van der Waals surface area contributed by atoms with E-state index in [1.54, 1.807) is 24.3 Å². The molecule has 0 fully saturated rings. The number of amidine groups is 1. The fraction of sp³-hybridized carbons (Fsp3) is 0. The van der Waals surface area contributed by atoms with E-state index in [0.29, 0.717) is 15.8 Å². The predicted molar refractivity (Wildman–Crippen MR) is 86.5 cm³/mol. The second-order valence-corrected chi connectivity index (χ2v) is 4.77. The normalized spacial score (nSPS) is 12.1. The van der Waals surface area contributed by atoms with Gasteiger partial charge >= 0.3 is 5.88 Å². The van der Waals surface area contributed by atoms with Crippen LogP contribution in [0.2, 0.25) is 0 Å². The van der Waals surface area contributed by atoms with E-state index in [2.05, 4.69) is 15.2 Å². The lowest BCUT2D eigenvalue weighted by Crippen LogP contribution is -2.31. The smallest absolute Gasteiger partial charge is 0.426 e. The van der Waals surface area contributed by atoms with Gasteiger partial charge in [0, 0.05) is 0 Å². The molecule has 0 radical (unpaired) electrons. The zero-order valence-electron chi connectivity index (χ0n) is 12.5. The lowest BCUT2D eigenvalue weighted by molar-refractivity contribution is -0.402. The van der Waals surface area contributed by atoms with Crippen molar-refractivity contribution in [2.45, 2.75) is 0 Å². The standard InChI is InChI=1S/C14H11N7O4/c15-13(19-17-7-8-5-6-11(25-8)21(23)24)12-14(16)20(22)10-4-2-1-3-9(10)18-12/h1-7,16,22H,(H2,15,19)/b16-14?,17-7+. The van der Waals surface area contributed by atoms with Gasteiger partial charge in [0.2, 0.25) is 0 Å². The van der Waals surface area contributed by atoms with Crippen LogP contribution in [0.1, 0.15) is 11.5 Å². The van der Waals surface area contributed by atoms with Crippen molar-refractivity contribution in [3.8, 4) is 0 Å². The van der Waals surface area contributed by atoms with Gasteiger partial charge in [0.25, 0.3) is 0 Å². The maximum Gasteiger partial charge on any atom is 0.433 e. The van der Waals surface area contributed by atoms with Crippen LogP contribution in [0.3, 0.4) is 0 Å². The Morgan fingerprint density at radius 3 is 2.88 bits per heavy atom. The van der Waals surface area contributed by atoms with Crippen LogP contribution < -0.4 is 11.2 Å². The number of hydrogen-bond acceptors (Lipinski definition) is 8. The Bertz CT molecular complexity index is 1080. The number of para-hydroxylation sites is 2. The van der Waals surface area contributed by atoms with Crippen LogP contribution >= 0.6 is 0 Å². The molecule has 1 aromatic carbocycles. The molecule has 3 aromatic rings. The Morgan fingerprint density at radius 1 is 1.40 bits per heavy atom. The molecule has 0 aliphatic carbocycles. The van der Waals surface area contributed by atoms with Gasteiger partial charge < -0.3 is 15.4 Å². The molecule has 2 aromatic heterocycles. The van der Waals surface area contributed by atoms with E-state index in [1.807, 2.05) is 0 Å². The van der Waals surface area contributed by atoms with Crippen molar-refractivity contribution in [1.82, 2.24) is 9.71 Å². The summed E-state index contributed by atoms with van der Waals surface area (Å²) in [7, 11) is 0. The third-order valence-electron chi connectivity index (χ3n) is 3.16. The number of fused-ring (bicyclic) bond motifs is 1. The van der Waals surface area contributed by atoms with Gasteiger partial charge in [-0.2, -0.15) is 9.83 Å². The lowest BCUT2D eigenvalue weighted by Gasteiger charge is -2.06. The van der Waals surface area contributed by atoms with Crippen molar-refractivity contribution in [3.63, 3.8) is 0 Å². The Balaban J connectivity index is 1.93. The van der Waals surface area contributed by atoms with Crippen molar-refractivity contribution < 1.29 is 14.5 Å². The van der Waals surface area contributed by atoms with E-state index in [1.165, 1.54) is 12.1 Å². The number of rotatable bonds is 4. The summed E-state index contributed by atoms with van der Waals surface area (Å²) in [6.45, 7) is 0. The Kier molecular flexibility index (Phi) is 3.95. The van der Waals surface area contributed by atoms with Crippen LogP contribution in [0.15, 0.2) is 51.0 Å². The Labute approximate surface area is 139 Å². The first-order valence-electron chi connectivity index (χ1n) is 6.84. The van der Waals surface area contributed by atoms with Crippen LogP contribution in [0, 0.1) is 15.5 Å². The average Bonchev–Trinajstić information content (AvgIpc) is 3.07. The molecule has 0 amide bonds. The summed E-state index contributed by atoms with van der Waals surface area (Å²) >= 11 is 0. The molecule has 11 nitrogen and oxygen atoms in total. The molecular formula is C14H11N7O4. The number of nitrogens with one attached hydrogen (secondary N) is 1. The summed E-state index contributed by atoms with van der Waals surface area (Å²) in [5.41, 5.74) is 6.10. The highest BCUT2D eigenvalue weighted by Crippen LogP contribution is 2.14. The molecule has 0 aliphatic heterocycles. The van der Waals surface area contributed by atoms with Crippen molar-refractivity contribution >= 4 is 29.0 Å². The maximum atomic E-state index is 10.5. The monoisotopic (exact) mass is 341 g/mol. The Hall–Kier alpha value is -4.02. The molecule has 4 N–H and O–H groups in total. The summed E-state index contributed by atoms with van der Waals surface area (Å²) in [5.74, 6) is -0.529. The number of hydrogen-bond donors (Lipinski definition) is 3. The van der Waals surface area contributed by atoms with Gasteiger partial charge in [-0.3, -0.25) is 15.5 Å². The van der Waals surface area contributed by atoms with E-state index >= 15 is 0 Å². The average molecular weight is 341 g/mol. The van der Waals surface area contributed by atoms with Crippen LogP contribution in [-0.4, -0.2) is 31.9 Å². The zero-order chi connectivity index (χ0) is 18.0. The Morgan fingerprint density at radius 2 is 2.16 bits per heavy atom. The molecule has 2 heterocycles. The minimum atomic E-state index is -0.680. The number of benzene rings is 1. The first-order valence-corrected chi connectivity index (χ1v) is 6.84. The molecule has 25 heavy (non-hydrogen) atoms. The highest BCUT2D eigenvalue weighted by atomic mass is 16.6. The minimum absolute atomic E-state index is 0.0659. The van der Waals surface area contributed by atoms with Gasteiger partial charge in [-0.25, -0.2) is 4.98 Å². The van der Waals surface area contributed by atoms with Gasteiger partial charge in [-0.1, -0.05) is 12.1 Å². The summed E-state index contributed by atoms with van der Waals surface area (Å²) in [5, 5.41) is 35.8.